The van der Waals surface area contributed by atoms with Gasteiger partial charge in [-0.25, -0.2) is 0 Å². The lowest BCUT2D eigenvalue weighted by atomic mass is 10.1. The van der Waals surface area contributed by atoms with E-state index in [-0.39, 0.29) is 11.9 Å². The summed E-state index contributed by atoms with van der Waals surface area (Å²) in [6, 6.07) is 13.1. The lowest BCUT2D eigenvalue weighted by Crippen LogP contribution is -2.27. The molecule has 0 aliphatic rings. The average Bonchev–Trinajstić information content (AvgIpc) is 2.48. The van der Waals surface area contributed by atoms with Crippen LogP contribution in [0.5, 0.6) is 0 Å². The Bertz CT molecular complexity index is 564. The van der Waals surface area contributed by atoms with Crippen LogP contribution in [0.2, 0.25) is 0 Å². The Kier molecular flexibility index (Phi) is 4.35. The minimum Gasteiger partial charge on any atom is -0.378 e. The molecular formula is C16H19N3O. The minimum atomic E-state index is -0.114. The van der Waals surface area contributed by atoms with E-state index in [0.29, 0.717) is 5.56 Å². The Balaban J connectivity index is 2.05. The number of carbonyl (C=O) groups excluding carboxylic acids is 1. The summed E-state index contributed by atoms with van der Waals surface area (Å²) in [5.74, 6) is -0.0894. The first kappa shape index (κ1) is 14.1. The van der Waals surface area contributed by atoms with Crippen molar-refractivity contribution in [2.24, 2.45) is 0 Å². The summed E-state index contributed by atoms with van der Waals surface area (Å²) in [5, 5.41) is 2.95. The summed E-state index contributed by atoms with van der Waals surface area (Å²) in [6.45, 7) is 1.93. The van der Waals surface area contributed by atoms with Gasteiger partial charge >= 0.3 is 0 Å². The molecule has 0 fully saturated rings. The number of amides is 1. The molecular weight excluding hydrogens is 250 g/mol. The van der Waals surface area contributed by atoms with Gasteiger partial charge in [0.05, 0.1) is 11.7 Å². The van der Waals surface area contributed by atoms with Crippen molar-refractivity contribution in [3.8, 4) is 0 Å². The number of carbonyl (C=O) groups is 1. The topological polar surface area (TPSA) is 45.2 Å². The molecule has 4 heteroatoms. The minimum absolute atomic E-state index is 0.0894. The number of nitrogens with one attached hydrogen (secondary N) is 1. The summed E-state index contributed by atoms with van der Waals surface area (Å²) in [7, 11) is 3.94. The number of rotatable bonds is 4. The van der Waals surface area contributed by atoms with Crippen molar-refractivity contribution < 1.29 is 4.79 Å². The first-order valence-corrected chi connectivity index (χ1v) is 6.57. The van der Waals surface area contributed by atoms with Crippen LogP contribution in [0, 0.1) is 0 Å². The van der Waals surface area contributed by atoms with E-state index >= 15 is 0 Å². The molecule has 0 radical (unpaired) electrons. The molecule has 0 spiro atoms. The van der Waals surface area contributed by atoms with E-state index in [4.69, 9.17) is 0 Å². The third kappa shape index (κ3) is 3.35. The normalized spacial score (nSPS) is 11.8. The van der Waals surface area contributed by atoms with Gasteiger partial charge in [-0.3, -0.25) is 9.78 Å². The van der Waals surface area contributed by atoms with Crippen molar-refractivity contribution in [1.29, 1.82) is 0 Å². The lowest BCUT2D eigenvalue weighted by Gasteiger charge is -2.15. The maximum absolute atomic E-state index is 12.2. The van der Waals surface area contributed by atoms with Gasteiger partial charge in [-0.2, -0.15) is 0 Å². The zero-order chi connectivity index (χ0) is 14.5. The molecule has 20 heavy (non-hydrogen) atoms. The van der Waals surface area contributed by atoms with Crippen LogP contribution in [0.4, 0.5) is 5.69 Å². The SMILES string of the molecule is C[C@H](NC(=O)c1ccc(N(C)C)cc1)c1ccccn1. The van der Waals surface area contributed by atoms with Gasteiger partial charge in [0.2, 0.25) is 0 Å². The first-order valence-electron chi connectivity index (χ1n) is 6.57. The third-order valence-electron chi connectivity index (χ3n) is 3.12. The van der Waals surface area contributed by atoms with Crippen LogP contribution < -0.4 is 10.2 Å². The van der Waals surface area contributed by atoms with Gasteiger partial charge in [0.1, 0.15) is 0 Å². The molecule has 0 saturated carbocycles. The summed E-state index contributed by atoms with van der Waals surface area (Å²) in [5.41, 5.74) is 2.57. The molecule has 0 aliphatic heterocycles. The number of hydrogen-bond acceptors (Lipinski definition) is 3. The first-order chi connectivity index (χ1) is 9.58. The van der Waals surface area contributed by atoms with Crippen LogP contribution >= 0.6 is 0 Å². The van der Waals surface area contributed by atoms with E-state index < -0.39 is 0 Å². The highest BCUT2D eigenvalue weighted by Gasteiger charge is 2.12. The molecule has 104 valence electrons. The van der Waals surface area contributed by atoms with Gasteiger partial charge in [-0.1, -0.05) is 6.07 Å². The number of aromatic nitrogens is 1. The van der Waals surface area contributed by atoms with Gasteiger partial charge < -0.3 is 10.2 Å². The second-order valence-corrected chi connectivity index (χ2v) is 4.89. The monoisotopic (exact) mass is 269 g/mol. The number of hydrogen-bond donors (Lipinski definition) is 1. The van der Waals surface area contributed by atoms with Crippen LogP contribution in [0.3, 0.4) is 0 Å². The molecule has 0 saturated heterocycles. The van der Waals surface area contributed by atoms with Gasteiger partial charge in [0, 0.05) is 31.5 Å². The molecule has 1 amide bonds. The molecule has 0 aliphatic carbocycles. The van der Waals surface area contributed by atoms with E-state index in [1.165, 1.54) is 0 Å². The fourth-order valence-electron chi connectivity index (χ4n) is 1.90. The van der Waals surface area contributed by atoms with Crippen molar-refractivity contribution in [3.05, 3.63) is 59.9 Å². The Hall–Kier alpha value is -2.36. The van der Waals surface area contributed by atoms with Crippen LogP contribution in [-0.4, -0.2) is 25.0 Å². The summed E-state index contributed by atoms with van der Waals surface area (Å²) < 4.78 is 0. The summed E-state index contributed by atoms with van der Waals surface area (Å²) in [4.78, 5) is 18.4. The van der Waals surface area contributed by atoms with E-state index in [2.05, 4.69) is 10.3 Å². The molecule has 1 N–H and O–H groups in total. The maximum atomic E-state index is 12.2. The number of pyridine rings is 1. The van der Waals surface area contributed by atoms with Gasteiger partial charge in [-0.15, -0.1) is 0 Å². The Morgan fingerprint density at radius 2 is 1.85 bits per heavy atom. The summed E-state index contributed by atoms with van der Waals surface area (Å²) in [6.07, 6.45) is 1.73. The molecule has 2 rings (SSSR count). The predicted molar refractivity (Wildman–Crippen MR) is 80.9 cm³/mol. The highest BCUT2D eigenvalue weighted by Crippen LogP contribution is 2.14. The summed E-state index contributed by atoms with van der Waals surface area (Å²) >= 11 is 0. The van der Waals surface area contributed by atoms with Crippen molar-refractivity contribution in [2.45, 2.75) is 13.0 Å². The van der Waals surface area contributed by atoms with Crippen LogP contribution in [0.1, 0.15) is 29.0 Å². The third-order valence-corrected chi connectivity index (χ3v) is 3.12. The second-order valence-electron chi connectivity index (χ2n) is 4.89. The molecule has 1 heterocycles. The van der Waals surface area contributed by atoms with Crippen molar-refractivity contribution in [3.63, 3.8) is 0 Å². The standard InChI is InChI=1S/C16H19N3O/c1-12(15-6-4-5-11-17-15)18-16(20)13-7-9-14(10-8-13)19(2)3/h4-12H,1-3H3,(H,18,20)/t12-/m0/s1. The number of benzene rings is 1. The van der Waals surface area contributed by atoms with E-state index in [1.54, 1.807) is 6.20 Å². The second kappa shape index (κ2) is 6.19. The number of anilines is 1. The van der Waals surface area contributed by atoms with E-state index in [9.17, 15) is 4.79 Å². The molecule has 1 atom stereocenters. The Morgan fingerprint density at radius 1 is 1.15 bits per heavy atom. The van der Waals surface area contributed by atoms with E-state index in [1.807, 2.05) is 68.4 Å². The largest absolute Gasteiger partial charge is 0.378 e. The van der Waals surface area contributed by atoms with E-state index in [0.717, 1.165) is 11.4 Å². The average molecular weight is 269 g/mol. The molecule has 0 bridgehead atoms. The Labute approximate surface area is 119 Å². The quantitative estimate of drug-likeness (QED) is 0.928. The Morgan fingerprint density at radius 3 is 2.40 bits per heavy atom. The predicted octanol–water partition coefficient (Wildman–Crippen LogP) is 2.64. The van der Waals surface area contributed by atoms with Gasteiger partial charge in [-0.05, 0) is 43.3 Å². The zero-order valence-electron chi connectivity index (χ0n) is 12.0. The molecule has 1 aromatic heterocycles. The highest BCUT2D eigenvalue weighted by atomic mass is 16.1. The highest BCUT2D eigenvalue weighted by molar-refractivity contribution is 5.94. The molecule has 4 nitrogen and oxygen atoms in total. The van der Waals surface area contributed by atoms with Gasteiger partial charge in [0.25, 0.3) is 5.91 Å². The van der Waals surface area contributed by atoms with Crippen molar-refractivity contribution in [1.82, 2.24) is 10.3 Å². The smallest absolute Gasteiger partial charge is 0.251 e. The number of nitrogens with zero attached hydrogens (tertiary/aromatic N) is 2. The van der Waals surface area contributed by atoms with Crippen molar-refractivity contribution in [2.75, 3.05) is 19.0 Å². The van der Waals surface area contributed by atoms with Crippen LogP contribution in [0.25, 0.3) is 0 Å². The van der Waals surface area contributed by atoms with Gasteiger partial charge in [0.15, 0.2) is 0 Å². The molecule has 0 unspecified atom stereocenters. The van der Waals surface area contributed by atoms with Crippen LogP contribution in [0.15, 0.2) is 48.7 Å². The molecule has 1 aromatic carbocycles. The molecule has 2 aromatic rings. The van der Waals surface area contributed by atoms with Crippen molar-refractivity contribution >= 4 is 11.6 Å². The fourth-order valence-corrected chi connectivity index (χ4v) is 1.90. The maximum Gasteiger partial charge on any atom is 0.251 e. The fraction of sp³-hybridized carbons (Fsp3) is 0.250. The van der Waals surface area contributed by atoms with Crippen LogP contribution in [-0.2, 0) is 0 Å². The zero-order valence-corrected chi connectivity index (χ0v) is 12.0. The lowest BCUT2D eigenvalue weighted by molar-refractivity contribution is 0.0939.